The number of hydrogen-bond acceptors (Lipinski definition) is 4. The standard InChI is InChI=1S/C20H29F3N2O4S/c1-14(2)13-25(15(3)4)19(26)16-8-10-24(11-9-16)30(27,28)18-7-5-6-17(12-18)29-20(21,22)23/h5-7,12,14-16H,8-11,13H2,1-4H3. The maximum Gasteiger partial charge on any atom is 0.573 e. The van der Waals surface area contributed by atoms with Crippen molar-refractivity contribution in [2.45, 2.75) is 57.8 Å². The summed E-state index contributed by atoms with van der Waals surface area (Å²) in [5, 5.41) is 0. The minimum absolute atomic E-state index is 0.0244. The Labute approximate surface area is 176 Å². The van der Waals surface area contributed by atoms with Gasteiger partial charge in [-0.15, -0.1) is 13.2 Å². The van der Waals surface area contributed by atoms with Crippen molar-refractivity contribution < 1.29 is 31.1 Å². The normalized spacial score (nSPS) is 16.8. The van der Waals surface area contributed by atoms with E-state index in [1.165, 1.54) is 16.4 Å². The number of carbonyl (C=O) groups is 1. The molecule has 0 N–H and O–H groups in total. The maximum absolute atomic E-state index is 12.9. The predicted molar refractivity (Wildman–Crippen MR) is 106 cm³/mol. The average Bonchev–Trinajstić information content (AvgIpc) is 2.64. The fourth-order valence-electron chi connectivity index (χ4n) is 3.51. The van der Waals surface area contributed by atoms with Crippen LogP contribution in [-0.4, -0.2) is 55.6 Å². The summed E-state index contributed by atoms with van der Waals surface area (Å²) in [6.45, 7) is 8.89. The van der Waals surface area contributed by atoms with Crippen LogP contribution in [0.15, 0.2) is 29.2 Å². The number of hydrogen-bond donors (Lipinski definition) is 0. The van der Waals surface area contributed by atoms with Crippen molar-refractivity contribution in [1.82, 2.24) is 9.21 Å². The predicted octanol–water partition coefficient (Wildman–Crippen LogP) is 3.88. The molecule has 30 heavy (non-hydrogen) atoms. The number of rotatable bonds is 7. The first-order valence-electron chi connectivity index (χ1n) is 9.97. The molecule has 1 aromatic rings. The Kier molecular flexibility index (Phi) is 7.79. The Morgan fingerprint density at radius 2 is 1.80 bits per heavy atom. The summed E-state index contributed by atoms with van der Waals surface area (Å²) < 4.78 is 68.0. The number of nitrogens with zero attached hydrogens (tertiary/aromatic N) is 2. The van der Waals surface area contributed by atoms with Crippen molar-refractivity contribution in [2.24, 2.45) is 11.8 Å². The van der Waals surface area contributed by atoms with Crippen molar-refractivity contribution in [3.05, 3.63) is 24.3 Å². The summed E-state index contributed by atoms with van der Waals surface area (Å²) in [5.74, 6) is -0.508. The molecule has 0 spiro atoms. The van der Waals surface area contributed by atoms with E-state index >= 15 is 0 Å². The maximum atomic E-state index is 12.9. The van der Waals surface area contributed by atoms with Crippen molar-refractivity contribution in [2.75, 3.05) is 19.6 Å². The Bertz CT molecular complexity index is 833. The van der Waals surface area contributed by atoms with Gasteiger partial charge in [-0.2, -0.15) is 4.31 Å². The van der Waals surface area contributed by atoms with Gasteiger partial charge in [-0.3, -0.25) is 4.79 Å². The molecule has 1 aromatic carbocycles. The second-order valence-corrected chi connectivity index (χ2v) is 10.1. The molecule has 1 aliphatic heterocycles. The molecule has 10 heteroatoms. The van der Waals surface area contributed by atoms with Crippen molar-refractivity contribution in [1.29, 1.82) is 0 Å². The molecule has 0 atom stereocenters. The zero-order valence-electron chi connectivity index (χ0n) is 17.6. The molecule has 1 fully saturated rings. The molecule has 1 aliphatic rings. The number of sulfonamides is 1. The third-order valence-corrected chi connectivity index (χ3v) is 6.84. The number of piperidine rings is 1. The van der Waals surface area contributed by atoms with E-state index in [9.17, 15) is 26.4 Å². The number of amides is 1. The fourth-order valence-corrected chi connectivity index (χ4v) is 5.01. The van der Waals surface area contributed by atoms with Gasteiger partial charge in [0.2, 0.25) is 15.9 Å². The molecular formula is C20H29F3N2O4S. The van der Waals surface area contributed by atoms with Crippen LogP contribution in [0.4, 0.5) is 13.2 Å². The summed E-state index contributed by atoms with van der Waals surface area (Å²) in [6, 6.07) is 4.41. The van der Waals surface area contributed by atoms with E-state index in [4.69, 9.17) is 0 Å². The third-order valence-electron chi connectivity index (χ3n) is 4.95. The Morgan fingerprint density at radius 3 is 2.30 bits per heavy atom. The summed E-state index contributed by atoms with van der Waals surface area (Å²) in [4.78, 5) is 14.5. The lowest BCUT2D eigenvalue weighted by Crippen LogP contribution is -2.47. The summed E-state index contributed by atoms with van der Waals surface area (Å²) in [6.07, 6.45) is -4.16. The van der Waals surface area contributed by atoms with Gasteiger partial charge in [0.15, 0.2) is 0 Å². The molecule has 1 saturated heterocycles. The molecule has 0 aliphatic carbocycles. The molecule has 1 amide bonds. The van der Waals surface area contributed by atoms with Crippen LogP contribution in [0.5, 0.6) is 5.75 Å². The molecule has 0 bridgehead atoms. The molecule has 2 rings (SSSR count). The van der Waals surface area contributed by atoms with E-state index in [0.717, 1.165) is 12.1 Å². The van der Waals surface area contributed by atoms with Gasteiger partial charge in [-0.1, -0.05) is 19.9 Å². The van der Waals surface area contributed by atoms with Crippen LogP contribution in [0.1, 0.15) is 40.5 Å². The van der Waals surface area contributed by atoms with Crippen LogP contribution in [0.2, 0.25) is 0 Å². The molecular weight excluding hydrogens is 421 g/mol. The van der Waals surface area contributed by atoms with E-state index in [1.54, 1.807) is 0 Å². The van der Waals surface area contributed by atoms with Gasteiger partial charge in [0.25, 0.3) is 0 Å². The highest BCUT2D eigenvalue weighted by molar-refractivity contribution is 7.89. The van der Waals surface area contributed by atoms with Gasteiger partial charge in [-0.05, 0) is 44.7 Å². The molecule has 0 radical (unpaired) electrons. The first kappa shape index (κ1) is 24.5. The summed E-state index contributed by atoms with van der Waals surface area (Å²) >= 11 is 0. The topological polar surface area (TPSA) is 66.9 Å². The number of benzene rings is 1. The SMILES string of the molecule is CC(C)CN(C(=O)C1CCN(S(=O)(=O)c2cccc(OC(F)(F)F)c2)CC1)C(C)C. The van der Waals surface area contributed by atoms with Crippen LogP contribution < -0.4 is 4.74 Å². The van der Waals surface area contributed by atoms with Gasteiger partial charge in [0.1, 0.15) is 5.75 Å². The van der Waals surface area contributed by atoms with Crippen molar-refractivity contribution in [3.8, 4) is 5.75 Å². The van der Waals surface area contributed by atoms with Crippen LogP contribution >= 0.6 is 0 Å². The van der Waals surface area contributed by atoms with E-state index in [1.807, 2.05) is 32.6 Å². The number of ether oxygens (including phenoxy) is 1. The Balaban J connectivity index is 2.08. The van der Waals surface area contributed by atoms with Gasteiger partial charge >= 0.3 is 6.36 Å². The smallest absolute Gasteiger partial charge is 0.406 e. The van der Waals surface area contributed by atoms with Gasteiger partial charge < -0.3 is 9.64 Å². The zero-order chi connectivity index (χ0) is 22.7. The van der Waals surface area contributed by atoms with E-state index in [2.05, 4.69) is 4.74 Å². The lowest BCUT2D eigenvalue weighted by atomic mass is 9.95. The molecule has 170 valence electrons. The lowest BCUT2D eigenvalue weighted by molar-refractivity contribution is -0.274. The van der Waals surface area contributed by atoms with E-state index in [-0.39, 0.29) is 35.9 Å². The highest BCUT2D eigenvalue weighted by Crippen LogP contribution is 2.29. The van der Waals surface area contributed by atoms with E-state index < -0.39 is 22.1 Å². The van der Waals surface area contributed by atoms with Crippen LogP contribution in [0.3, 0.4) is 0 Å². The number of halogens is 3. The summed E-state index contributed by atoms with van der Waals surface area (Å²) in [7, 11) is -3.98. The second-order valence-electron chi connectivity index (χ2n) is 8.18. The van der Waals surface area contributed by atoms with Crippen LogP contribution in [-0.2, 0) is 14.8 Å². The Hall–Kier alpha value is -1.81. The molecule has 6 nitrogen and oxygen atoms in total. The second kappa shape index (κ2) is 9.55. The third kappa shape index (κ3) is 6.34. The minimum Gasteiger partial charge on any atom is -0.406 e. The molecule has 0 aromatic heterocycles. The number of alkyl halides is 3. The van der Waals surface area contributed by atoms with Crippen LogP contribution in [0.25, 0.3) is 0 Å². The summed E-state index contributed by atoms with van der Waals surface area (Å²) in [5.41, 5.74) is 0. The highest BCUT2D eigenvalue weighted by Gasteiger charge is 2.35. The zero-order valence-corrected chi connectivity index (χ0v) is 18.5. The first-order valence-corrected chi connectivity index (χ1v) is 11.4. The largest absolute Gasteiger partial charge is 0.573 e. The number of carbonyl (C=O) groups excluding carboxylic acids is 1. The van der Waals surface area contributed by atoms with Gasteiger partial charge in [0, 0.05) is 37.7 Å². The monoisotopic (exact) mass is 450 g/mol. The first-order chi connectivity index (χ1) is 13.8. The fraction of sp³-hybridized carbons (Fsp3) is 0.650. The van der Waals surface area contributed by atoms with Crippen molar-refractivity contribution >= 4 is 15.9 Å². The van der Waals surface area contributed by atoms with Crippen LogP contribution in [0, 0.1) is 11.8 Å². The Morgan fingerprint density at radius 1 is 1.20 bits per heavy atom. The average molecular weight is 451 g/mol. The van der Waals surface area contributed by atoms with Gasteiger partial charge in [0.05, 0.1) is 4.90 Å². The molecule has 1 heterocycles. The quantitative estimate of drug-likeness (QED) is 0.632. The minimum atomic E-state index is -4.90. The van der Waals surface area contributed by atoms with Crippen molar-refractivity contribution in [3.63, 3.8) is 0 Å². The molecule has 0 unspecified atom stereocenters. The van der Waals surface area contributed by atoms with E-state index in [0.29, 0.717) is 25.3 Å². The van der Waals surface area contributed by atoms with Gasteiger partial charge in [-0.25, -0.2) is 8.42 Å². The highest BCUT2D eigenvalue weighted by atomic mass is 32.2. The lowest BCUT2D eigenvalue weighted by Gasteiger charge is -2.36. The molecule has 0 saturated carbocycles.